The van der Waals surface area contributed by atoms with Gasteiger partial charge in [0.2, 0.25) is 0 Å². The topological polar surface area (TPSA) is 48.0 Å². The third-order valence-electron chi connectivity index (χ3n) is 4.28. The van der Waals surface area contributed by atoms with Crippen LogP contribution < -0.4 is 14.2 Å². The quantitative estimate of drug-likeness (QED) is 0.772. The molecule has 6 heteroatoms. The molecule has 0 radical (unpaired) electrons. The van der Waals surface area contributed by atoms with Crippen molar-refractivity contribution in [1.82, 2.24) is 4.90 Å². The molecule has 1 amide bonds. The van der Waals surface area contributed by atoms with Crippen LogP contribution in [0.4, 0.5) is 0 Å². The summed E-state index contributed by atoms with van der Waals surface area (Å²) in [5.74, 6) is 3.02. The second-order valence-corrected chi connectivity index (χ2v) is 7.12. The van der Waals surface area contributed by atoms with Gasteiger partial charge in [0, 0.05) is 17.9 Å². The van der Waals surface area contributed by atoms with Crippen LogP contribution in [0, 0.1) is 0 Å². The number of rotatable bonds is 6. The van der Waals surface area contributed by atoms with E-state index in [1.807, 2.05) is 53.4 Å². The highest BCUT2D eigenvalue weighted by Gasteiger charge is 2.35. The first kappa shape index (κ1) is 18.5. The Labute approximate surface area is 158 Å². The summed E-state index contributed by atoms with van der Waals surface area (Å²) >= 11 is 1.72. The van der Waals surface area contributed by atoms with Crippen molar-refractivity contribution >= 4 is 17.7 Å². The van der Waals surface area contributed by atoms with Crippen molar-refractivity contribution in [3.05, 3.63) is 54.1 Å². The number of amides is 1. The highest BCUT2D eigenvalue weighted by atomic mass is 32.2. The van der Waals surface area contributed by atoms with Crippen LogP contribution in [-0.2, 0) is 4.79 Å². The van der Waals surface area contributed by atoms with Crippen LogP contribution in [0.25, 0.3) is 0 Å². The Balaban J connectivity index is 1.80. The van der Waals surface area contributed by atoms with Crippen molar-refractivity contribution in [3.63, 3.8) is 0 Å². The molecule has 1 saturated heterocycles. The molecule has 2 unspecified atom stereocenters. The SMILES string of the molecule is COc1ccc(OC)c(C2SCCN2C(=O)C(C)Oc2ccccc2)c1. The molecule has 0 spiro atoms. The van der Waals surface area contributed by atoms with Gasteiger partial charge >= 0.3 is 0 Å². The van der Waals surface area contributed by atoms with Crippen LogP contribution in [0.5, 0.6) is 17.2 Å². The molecule has 0 bridgehead atoms. The van der Waals surface area contributed by atoms with E-state index in [1.54, 1.807) is 32.9 Å². The highest BCUT2D eigenvalue weighted by Crippen LogP contribution is 2.43. The van der Waals surface area contributed by atoms with Gasteiger partial charge < -0.3 is 19.1 Å². The predicted octanol–water partition coefficient (Wildman–Crippen LogP) is 3.75. The number of methoxy groups -OCH3 is 2. The van der Waals surface area contributed by atoms with Crippen LogP contribution in [0.15, 0.2) is 48.5 Å². The zero-order valence-corrected chi connectivity index (χ0v) is 16.0. The molecule has 2 aromatic rings. The van der Waals surface area contributed by atoms with Gasteiger partial charge in [0.05, 0.1) is 14.2 Å². The van der Waals surface area contributed by atoms with Gasteiger partial charge in [0.1, 0.15) is 22.6 Å². The van der Waals surface area contributed by atoms with E-state index in [1.165, 1.54) is 0 Å². The third-order valence-corrected chi connectivity index (χ3v) is 5.52. The number of para-hydroxylation sites is 1. The van der Waals surface area contributed by atoms with E-state index >= 15 is 0 Å². The minimum absolute atomic E-state index is 0.0336. The second-order valence-electron chi connectivity index (χ2n) is 5.94. The summed E-state index contributed by atoms with van der Waals surface area (Å²) in [6.07, 6.45) is -0.560. The summed E-state index contributed by atoms with van der Waals surface area (Å²) in [6, 6.07) is 15.1. The molecule has 5 nitrogen and oxygen atoms in total. The fourth-order valence-corrected chi connectivity index (χ4v) is 4.25. The molecule has 1 aliphatic heterocycles. The zero-order chi connectivity index (χ0) is 18.5. The lowest BCUT2D eigenvalue weighted by Gasteiger charge is -2.28. The van der Waals surface area contributed by atoms with Gasteiger partial charge in [-0.3, -0.25) is 4.79 Å². The Hall–Kier alpha value is -2.34. The van der Waals surface area contributed by atoms with E-state index < -0.39 is 6.10 Å². The summed E-state index contributed by atoms with van der Waals surface area (Å²) in [6.45, 7) is 2.47. The number of thioether (sulfide) groups is 1. The van der Waals surface area contributed by atoms with Gasteiger partial charge in [-0.05, 0) is 37.3 Å². The van der Waals surface area contributed by atoms with Crippen LogP contribution in [0.2, 0.25) is 0 Å². The van der Waals surface area contributed by atoms with Crippen molar-refractivity contribution in [1.29, 1.82) is 0 Å². The fraction of sp³-hybridized carbons (Fsp3) is 0.350. The number of ether oxygens (including phenoxy) is 3. The molecule has 3 rings (SSSR count). The van der Waals surface area contributed by atoms with Gasteiger partial charge in [0.25, 0.3) is 5.91 Å². The van der Waals surface area contributed by atoms with Crippen LogP contribution in [0.1, 0.15) is 17.9 Å². The normalized spacial score (nSPS) is 17.7. The summed E-state index contributed by atoms with van der Waals surface area (Å²) in [5.41, 5.74) is 0.939. The largest absolute Gasteiger partial charge is 0.497 e. The van der Waals surface area contributed by atoms with Gasteiger partial charge in [-0.2, -0.15) is 0 Å². The summed E-state index contributed by atoms with van der Waals surface area (Å²) in [7, 11) is 3.27. The number of nitrogens with zero attached hydrogens (tertiary/aromatic N) is 1. The maximum Gasteiger partial charge on any atom is 0.264 e. The second kappa shape index (κ2) is 8.36. The summed E-state index contributed by atoms with van der Waals surface area (Å²) in [5, 5.41) is -0.116. The third kappa shape index (κ3) is 3.90. The molecule has 26 heavy (non-hydrogen) atoms. The lowest BCUT2D eigenvalue weighted by molar-refractivity contribution is -0.138. The van der Waals surface area contributed by atoms with E-state index in [0.717, 1.165) is 22.8 Å². The summed E-state index contributed by atoms with van der Waals surface area (Å²) in [4.78, 5) is 14.9. The molecule has 1 heterocycles. The lowest BCUT2D eigenvalue weighted by Crippen LogP contribution is -2.40. The van der Waals surface area contributed by atoms with Crippen molar-refractivity contribution in [2.24, 2.45) is 0 Å². The molecule has 2 atom stereocenters. The van der Waals surface area contributed by atoms with Gasteiger partial charge in [-0.15, -0.1) is 11.8 Å². The Morgan fingerprint density at radius 2 is 1.88 bits per heavy atom. The standard InChI is InChI=1S/C20H23NO4S/c1-14(25-15-7-5-4-6-8-15)19(22)21-11-12-26-20(21)17-13-16(23-2)9-10-18(17)24-3/h4-10,13-14,20H,11-12H2,1-3H3. The number of hydrogen-bond donors (Lipinski definition) is 0. The first-order chi connectivity index (χ1) is 12.6. The van der Waals surface area contributed by atoms with Crippen LogP contribution in [0.3, 0.4) is 0 Å². The van der Waals surface area contributed by atoms with Gasteiger partial charge in [-0.25, -0.2) is 0 Å². The monoisotopic (exact) mass is 373 g/mol. The van der Waals surface area contributed by atoms with Crippen LogP contribution in [-0.4, -0.2) is 43.4 Å². The number of hydrogen-bond acceptors (Lipinski definition) is 5. The molecule has 0 aromatic heterocycles. The lowest BCUT2D eigenvalue weighted by atomic mass is 10.1. The van der Waals surface area contributed by atoms with Crippen LogP contribution >= 0.6 is 11.8 Å². The number of carbonyl (C=O) groups is 1. The van der Waals surface area contributed by atoms with Crippen molar-refractivity contribution < 1.29 is 19.0 Å². The Morgan fingerprint density at radius 1 is 1.12 bits per heavy atom. The first-order valence-corrected chi connectivity index (χ1v) is 9.54. The molecule has 0 saturated carbocycles. The predicted molar refractivity (Wildman–Crippen MR) is 103 cm³/mol. The maximum absolute atomic E-state index is 13.0. The zero-order valence-electron chi connectivity index (χ0n) is 15.2. The minimum atomic E-state index is -0.560. The molecule has 0 aliphatic carbocycles. The molecule has 138 valence electrons. The van der Waals surface area contributed by atoms with Crippen molar-refractivity contribution in [3.8, 4) is 17.2 Å². The van der Waals surface area contributed by atoms with Gasteiger partial charge in [0.15, 0.2) is 6.10 Å². The Kier molecular flexibility index (Phi) is 5.93. The molecule has 2 aromatic carbocycles. The smallest absolute Gasteiger partial charge is 0.264 e. The Morgan fingerprint density at radius 3 is 2.58 bits per heavy atom. The first-order valence-electron chi connectivity index (χ1n) is 8.49. The van der Waals surface area contributed by atoms with E-state index in [2.05, 4.69) is 0 Å². The molecular formula is C20H23NO4S. The average molecular weight is 373 g/mol. The highest BCUT2D eigenvalue weighted by molar-refractivity contribution is 7.99. The van der Waals surface area contributed by atoms with Crippen molar-refractivity contribution in [2.75, 3.05) is 26.5 Å². The minimum Gasteiger partial charge on any atom is -0.497 e. The van der Waals surface area contributed by atoms with E-state index in [9.17, 15) is 4.79 Å². The fourth-order valence-electron chi connectivity index (χ4n) is 2.97. The molecule has 1 fully saturated rings. The van der Waals surface area contributed by atoms with E-state index in [0.29, 0.717) is 12.3 Å². The van der Waals surface area contributed by atoms with E-state index in [4.69, 9.17) is 14.2 Å². The number of benzene rings is 2. The molecule has 0 N–H and O–H groups in total. The Bertz CT molecular complexity index is 753. The molecular weight excluding hydrogens is 350 g/mol. The van der Waals surface area contributed by atoms with Crippen molar-refractivity contribution in [2.45, 2.75) is 18.4 Å². The maximum atomic E-state index is 13.0. The number of carbonyl (C=O) groups excluding carboxylic acids is 1. The molecule has 1 aliphatic rings. The van der Waals surface area contributed by atoms with Gasteiger partial charge in [-0.1, -0.05) is 18.2 Å². The van der Waals surface area contributed by atoms with E-state index in [-0.39, 0.29) is 11.3 Å². The average Bonchev–Trinajstić information content (AvgIpc) is 3.17. The summed E-state index contributed by atoms with van der Waals surface area (Å²) < 4.78 is 16.7.